The first kappa shape index (κ1) is 14.9. The maximum atomic E-state index is 11.9. The fraction of sp³-hybridized carbons (Fsp3) is 0.0667. The third-order valence-corrected chi connectivity index (χ3v) is 2.97. The lowest BCUT2D eigenvalue weighted by atomic mass is 10.1. The Hall–Kier alpha value is -2.53. The second-order valence-corrected chi connectivity index (χ2v) is 4.73. The Balaban J connectivity index is 2.07. The van der Waals surface area contributed by atoms with Crippen LogP contribution in [0.1, 0.15) is 11.6 Å². The second-order valence-electron chi connectivity index (χ2n) is 4.29. The molecule has 21 heavy (non-hydrogen) atoms. The minimum absolute atomic E-state index is 0.477. The monoisotopic (exact) mass is 304 g/mol. The van der Waals surface area contributed by atoms with Gasteiger partial charge in [0.2, 0.25) is 0 Å². The van der Waals surface area contributed by atoms with Gasteiger partial charge in [-0.2, -0.15) is 0 Å². The third kappa shape index (κ3) is 4.22. The van der Waals surface area contributed by atoms with E-state index in [9.17, 15) is 14.7 Å². The van der Waals surface area contributed by atoms with Gasteiger partial charge in [0.15, 0.2) is 6.04 Å². The molecule has 2 aromatic rings. The number of hydrogen-bond acceptors (Lipinski definition) is 2. The van der Waals surface area contributed by atoms with Crippen molar-refractivity contribution in [3.05, 3.63) is 65.2 Å². The molecule has 0 aliphatic carbocycles. The molecule has 0 aliphatic rings. The predicted octanol–water partition coefficient (Wildman–Crippen LogP) is 3.29. The van der Waals surface area contributed by atoms with Gasteiger partial charge in [0.05, 0.1) is 0 Å². The highest BCUT2D eigenvalue weighted by atomic mass is 35.5. The molecule has 2 amide bonds. The van der Waals surface area contributed by atoms with Gasteiger partial charge in [-0.05, 0) is 23.8 Å². The Bertz CT molecular complexity index is 646. The summed E-state index contributed by atoms with van der Waals surface area (Å²) >= 11 is 5.81. The SMILES string of the molecule is O=C(Nc1cccc(Cl)c1)N[C@@H](C(=O)O)c1ccccc1. The normalized spacial score (nSPS) is 11.5. The molecule has 0 heterocycles. The van der Waals surface area contributed by atoms with Crippen molar-refractivity contribution >= 4 is 29.3 Å². The number of carboxylic acid groups (broad SMARTS) is 1. The Morgan fingerprint density at radius 2 is 1.76 bits per heavy atom. The summed E-state index contributed by atoms with van der Waals surface area (Å²) < 4.78 is 0. The highest BCUT2D eigenvalue weighted by Gasteiger charge is 2.21. The Kier molecular flexibility index (Phi) is 4.79. The molecule has 108 valence electrons. The molecule has 5 nitrogen and oxygen atoms in total. The van der Waals surface area contributed by atoms with Crippen LogP contribution in [0.15, 0.2) is 54.6 Å². The van der Waals surface area contributed by atoms with Gasteiger partial charge >= 0.3 is 12.0 Å². The van der Waals surface area contributed by atoms with Crippen LogP contribution in [-0.2, 0) is 4.79 Å². The van der Waals surface area contributed by atoms with Gasteiger partial charge in [-0.1, -0.05) is 48.0 Å². The summed E-state index contributed by atoms with van der Waals surface area (Å²) in [5.74, 6) is -1.14. The van der Waals surface area contributed by atoms with Crippen LogP contribution in [0.4, 0.5) is 10.5 Å². The van der Waals surface area contributed by atoms with Crippen molar-refractivity contribution in [2.75, 3.05) is 5.32 Å². The van der Waals surface area contributed by atoms with E-state index >= 15 is 0 Å². The minimum Gasteiger partial charge on any atom is -0.479 e. The van der Waals surface area contributed by atoms with Crippen LogP contribution in [0.3, 0.4) is 0 Å². The summed E-state index contributed by atoms with van der Waals surface area (Å²) in [5, 5.41) is 14.6. The van der Waals surface area contributed by atoms with E-state index in [0.29, 0.717) is 16.3 Å². The van der Waals surface area contributed by atoms with Crippen LogP contribution in [0.25, 0.3) is 0 Å². The summed E-state index contributed by atoms with van der Waals surface area (Å²) in [4.78, 5) is 23.2. The number of aliphatic carboxylic acids is 1. The fourth-order valence-corrected chi connectivity index (χ4v) is 1.99. The first-order valence-electron chi connectivity index (χ1n) is 6.17. The summed E-state index contributed by atoms with van der Waals surface area (Å²) in [6.07, 6.45) is 0. The number of carboxylic acids is 1. The Morgan fingerprint density at radius 1 is 1.05 bits per heavy atom. The molecule has 0 fully saturated rings. The lowest BCUT2D eigenvalue weighted by molar-refractivity contribution is -0.139. The van der Waals surface area contributed by atoms with Crippen LogP contribution in [0, 0.1) is 0 Å². The van der Waals surface area contributed by atoms with Gasteiger partial charge in [0, 0.05) is 10.7 Å². The number of carbonyl (C=O) groups excluding carboxylic acids is 1. The zero-order valence-corrected chi connectivity index (χ0v) is 11.7. The van der Waals surface area contributed by atoms with Crippen molar-refractivity contribution in [1.82, 2.24) is 5.32 Å². The van der Waals surface area contributed by atoms with Crippen LogP contribution >= 0.6 is 11.6 Å². The van der Waals surface area contributed by atoms with E-state index < -0.39 is 18.0 Å². The molecule has 0 aromatic heterocycles. The topological polar surface area (TPSA) is 78.4 Å². The molecule has 0 bridgehead atoms. The third-order valence-electron chi connectivity index (χ3n) is 2.74. The van der Waals surface area contributed by atoms with Crippen molar-refractivity contribution in [3.63, 3.8) is 0 Å². The number of halogens is 1. The smallest absolute Gasteiger partial charge is 0.330 e. The van der Waals surface area contributed by atoms with Crippen molar-refractivity contribution in [1.29, 1.82) is 0 Å². The molecule has 0 saturated carbocycles. The van der Waals surface area contributed by atoms with Crippen molar-refractivity contribution in [2.24, 2.45) is 0 Å². The number of benzene rings is 2. The number of rotatable bonds is 4. The summed E-state index contributed by atoms with van der Waals surface area (Å²) in [7, 11) is 0. The minimum atomic E-state index is -1.14. The first-order chi connectivity index (χ1) is 10.1. The fourth-order valence-electron chi connectivity index (χ4n) is 1.80. The second kappa shape index (κ2) is 6.76. The van der Waals surface area contributed by atoms with Crippen molar-refractivity contribution in [3.8, 4) is 0 Å². The van der Waals surface area contributed by atoms with Gasteiger partial charge < -0.3 is 15.7 Å². The number of carbonyl (C=O) groups is 2. The van der Waals surface area contributed by atoms with E-state index in [1.807, 2.05) is 0 Å². The number of anilines is 1. The van der Waals surface area contributed by atoms with Crippen molar-refractivity contribution < 1.29 is 14.7 Å². The van der Waals surface area contributed by atoms with E-state index in [1.54, 1.807) is 54.6 Å². The average Bonchev–Trinajstić information content (AvgIpc) is 2.45. The van der Waals surface area contributed by atoms with Gasteiger partial charge in [-0.15, -0.1) is 0 Å². The highest BCUT2D eigenvalue weighted by Crippen LogP contribution is 2.16. The maximum Gasteiger partial charge on any atom is 0.330 e. The number of nitrogens with one attached hydrogen (secondary N) is 2. The van der Waals surface area contributed by atoms with Crippen molar-refractivity contribution in [2.45, 2.75) is 6.04 Å². The molecule has 0 saturated heterocycles. The van der Waals surface area contributed by atoms with Crippen LogP contribution in [0.2, 0.25) is 5.02 Å². The molecule has 3 N–H and O–H groups in total. The summed E-state index contributed by atoms with van der Waals surface area (Å²) in [5.41, 5.74) is 0.975. The molecule has 0 unspecified atom stereocenters. The zero-order chi connectivity index (χ0) is 15.2. The van der Waals surface area contributed by atoms with E-state index in [4.69, 9.17) is 11.6 Å². The lowest BCUT2D eigenvalue weighted by Crippen LogP contribution is -2.36. The van der Waals surface area contributed by atoms with Gasteiger partial charge in [0.25, 0.3) is 0 Å². The zero-order valence-electron chi connectivity index (χ0n) is 10.9. The number of amides is 2. The molecule has 2 aromatic carbocycles. The van der Waals surface area contributed by atoms with Crippen LogP contribution in [-0.4, -0.2) is 17.1 Å². The van der Waals surface area contributed by atoms with Gasteiger partial charge in [-0.3, -0.25) is 0 Å². The quantitative estimate of drug-likeness (QED) is 0.811. The van der Waals surface area contributed by atoms with Crippen LogP contribution < -0.4 is 10.6 Å². The number of hydrogen-bond donors (Lipinski definition) is 3. The number of urea groups is 1. The maximum absolute atomic E-state index is 11.9. The van der Waals surface area contributed by atoms with Crippen LogP contribution in [0.5, 0.6) is 0 Å². The molecular formula is C15H13ClN2O3. The van der Waals surface area contributed by atoms with E-state index in [-0.39, 0.29) is 0 Å². The molecule has 0 aliphatic heterocycles. The molecular weight excluding hydrogens is 292 g/mol. The summed E-state index contributed by atoms with van der Waals surface area (Å²) in [6, 6.07) is 13.3. The Morgan fingerprint density at radius 3 is 2.38 bits per heavy atom. The van der Waals surface area contributed by atoms with Gasteiger partial charge in [0.1, 0.15) is 0 Å². The Labute approximate surface area is 126 Å². The highest BCUT2D eigenvalue weighted by molar-refractivity contribution is 6.30. The standard InChI is InChI=1S/C15H13ClN2O3/c16-11-7-4-8-12(9-11)17-15(21)18-13(14(19)20)10-5-2-1-3-6-10/h1-9,13H,(H,19,20)(H2,17,18,21)/t13-/m1/s1. The largest absolute Gasteiger partial charge is 0.479 e. The molecule has 0 radical (unpaired) electrons. The molecule has 0 spiro atoms. The van der Waals surface area contributed by atoms with E-state index in [1.165, 1.54) is 0 Å². The molecule has 6 heteroatoms. The first-order valence-corrected chi connectivity index (χ1v) is 6.55. The predicted molar refractivity (Wildman–Crippen MR) is 80.4 cm³/mol. The van der Waals surface area contributed by atoms with E-state index in [2.05, 4.69) is 10.6 Å². The lowest BCUT2D eigenvalue weighted by Gasteiger charge is -2.15. The molecule has 2 rings (SSSR count). The van der Waals surface area contributed by atoms with Gasteiger partial charge in [-0.25, -0.2) is 9.59 Å². The summed E-state index contributed by atoms with van der Waals surface area (Å²) in [6.45, 7) is 0. The van der Waals surface area contributed by atoms with E-state index in [0.717, 1.165) is 0 Å². The molecule has 1 atom stereocenters. The average molecular weight is 305 g/mol.